The van der Waals surface area contributed by atoms with Crippen LogP contribution in [-0.2, 0) is 46.5 Å². The molecule has 5 fully saturated rings. The van der Waals surface area contributed by atoms with Gasteiger partial charge in [0, 0.05) is 107 Å². The molecule has 15 aromatic rings. The summed E-state index contributed by atoms with van der Waals surface area (Å²) in [7, 11) is 9.36. The van der Waals surface area contributed by atoms with Crippen LogP contribution in [0.5, 0.6) is 29.4 Å². The molecule has 4 saturated carbocycles. The smallest absolute Gasteiger partial charge is 0.278 e. The number of aliphatic imine (C=N–C) groups is 1. The molecule has 11 aromatic heterocycles. The number of amides is 4. The van der Waals surface area contributed by atoms with Gasteiger partial charge in [0.05, 0.1) is 119 Å². The van der Waals surface area contributed by atoms with Crippen molar-refractivity contribution in [3.8, 4) is 29.4 Å². The lowest BCUT2D eigenvalue weighted by Crippen LogP contribution is -2.16. The Morgan fingerprint density at radius 1 is 0.401 bits per heavy atom. The van der Waals surface area contributed by atoms with Crippen LogP contribution in [0.4, 0.5) is 44.3 Å². The Morgan fingerprint density at radius 2 is 0.818 bits per heavy atom. The second kappa shape index (κ2) is 43.9. The number of pyridine rings is 5. The number of aryl methyl sites for hydroxylation is 6. The van der Waals surface area contributed by atoms with Crippen molar-refractivity contribution in [1.29, 1.82) is 0 Å². The van der Waals surface area contributed by atoms with Gasteiger partial charge in [-0.25, -0.2) is 29.3 Å². The maximum absolute atomic E-state index is 12.9. The number of amidine groups is 1. The van der Waals surface area contributed by atoms with Crippen LogP contribution in [0.15, 0.2) is 176 Å². The number of rotatable bonds is 24. The van der Waals surface area contributed by atoms with Crippen LogP contribution in [0.1, 0.15) is 181 Å². The molecule has 1 unspecified atom stereocenters. The van der Waals surface area contributed by atoms with E-state index >= 15 is 0 Å². The van der Waals surface area contributed by atoms with Crippen LogP contribution in [0, 0.1) is 42.3 Å². The zero-order chi connectivity index (χ0) is 94.8. The normalized spacial score (nSPS) is 15.5. The lowest BCUT2D eigenvalue weighted by molar-refractivity contribution is 0.101. The number of nitrogens with two attached hydrogens (primary N) is 2. The molecule has 9 N–H and O–H groups in total. The van der Waals surface area contributed by atoms with Gasteiger partial charge >= 0.3 is 0 Å². The molecule has 4 aliphatic carbocycles. The predicted molar refractivity (Wildman–Crippen MR) is 523 cm³/mol. The molecular weight excluding hydrogens is 1740 g/mol. The largest absolute Gasteiger partial charge is 0.476 e. The van der Waals surface area contributed by atoms with Crippen molar-refractivity contribution in [3.63, 3.8) is 0 Å². The molecule has 710 valence electrons. The molecule has 35 nitrogen and oxygen atoms in total. The second-order valence-corrected chi connectivity index (χ2v) is 35.7. The average molecular weight is 1860 g/mol. The van der Waals surface area contributed by atoms with E-state index in [0.717, 1.165) is 122 Å². The van der Waals surface area contributed by atoms with E-state index in [4.69, 9.17) is 39.9 Å². The van der Waals surface area contributed by atoms with E-state index in [9.17, 15) is 23.6 Å². The third-order valence-corrected chi connectivity index (χ3v) is 25.5. The highest BCUT2D eigenvalue weighted by atomic mass is 19.1. The zero-order valence-electron chi connectivity index (χ0n) is 77.8. The van der Waals surface area contributed by atoms with Gasteiger partial charge in [0.2, 0.25) is 23.5 Å². The Hall–Kier alpha value is -15.1. The summed E-state index contributed by atoms with van der Waals surface area (Å²) in [5.74, 6) is 5.07. The van der Waals surface area contributed by atoms with Crippen LogP contribution in [-0.4, -0.2) is 160 Å². The van der Waals surface area contributed by atoms with Gasteiger partial charge in [0.1, 0.15) is 22.9 Å². The van der Waals surface area contributed by atoms with Gasteiger partial charge in [0.25, 0.3) is 29.5 Å². The van der Waals surface area contributed by atoms with Crippen molar-refractivity contribution in [2.45, 2.75) is 135 Å². The van der Waals surface area contributed by atoms with Gasteiger partial charge in [-0.3, -0.25) is 57.5 Å². The van der Waals surface area contributed by atoms with Crippen LogP contribution in [0.2, 0.25) is 0 Å². The number of hydrogen-bond acceptors (Lipinski definition) is 26. The Kier molecular flexibility index (Phi) is 30.0. The predicted octanol–water partition coefficient (Wildman–Crippen LogP) is 17.1. The van der Waals surface area contributed by atoms with Gasteiger partial charge in [-0.15, -0.1) is 25.5 Å². The number of fused-ring (bicyclic) bond motifs is 6. The quantitative estimate of drug-likeness (QED) is 0.0295. The minimum atomic E-state index is -0.479. The highest BCUT2D eigenvalue weighted by Gasteiger charge is 2.27. The van der Waals surface area contributed by atoms with E-state index in [1.54, 1.807) is 61.5 Å². The fraction of sp³-hybridized carbons (Fsp3) is 0.376. The minimum absolute atomic E-state index is 0.0863. The molecule has 4 amide bonds. The van der Waals surface area contributed by atoms with Gasteiger partial charge in [-0.2, -0.15) is 0 Å². The fourth-order valence-electron chi connectivity index (χ4n) is 17.9. The van der Waals surface area contributed by atoms with Crippen molar-refractivity contribution in [1.82, 2.24) is 83.8 Å². The first-order valence-electron chi connectivity index (χ1n) is 46.9. The van der Waals surface area contributed by atoms with Gasteiger partial charge in [-0.05, 0) is 209 Å². The average Bonchev–Trinajstić information content (AvgIpc) is 1.66. The molecular formula is C101H114FN25O10. The molecule has 0 radical (unpaired) electrons. The number of nitrogen functional groups attached to an aromatic ring is 2. The summed E-state index contributed by atoms with van der Waals surface area (Å²) in [6.07, 6.45) is 34.5. The van der Waals surface area contributed by atoms with Crippen LogP contribution < -0.4 is 61.7 Å². The molecule has 2 aliphatic heterocycles. The first kappa shape index (κ1) is 93.7. The summed E-state index contributed by atoms with van der Waals surface area (Å²) < 4.78 is 57.1. The Balaban J connectivity index is 0.000000119. The van der Waals surface area contributed by atoms with E-state index in [1.807, 2.05) is 114 Å². The summed E-state index contributed by atoms with van der Waals surface area (Å²) in [6, 6.07) is 38.3. The molecule has 0 bridgehead atoms. The minimum Gasteiger partial charge on any atom is -0.476 e. The second-order valence-electron chi connectivity index (χ2n) is 35.7. The number of ether oxygens (including phenoxy) is 6. The number of carbonyl (C=O) groups is 4. The molecule has 6 aliphatic rings. The van der Waals surface area contributed by atoms with Crippen molar-refractivity contribution < 1.29 is 52.0 Å². The number of halogens is 1. The first-order chi connectivity index (χ1) is 66.7. The standard InChI is InChI=1S/C22H25N5O.C21H24N4O2.C20H21FN4O2.C20H24N6O2.C18H20N6O3/c1-27-19-12-17(25-21-20-16(13-24-21)8-5-11-23-20)9-10-18(19)22(26-27)28-14-15-6-3-2-4-7-15;1-14-7-10-18(22-12-14)20(26)23-16-8-9-17-19(11-16)25(2)24-21(17)27-13-15-5-3-4-6-15;1-25-18-10-15(23-19(26)17-9-6-14(21)11-22-17)7-8-16(18)20(24-25)27-12-13-4-2-3-5-13;1-26-16-10-14(24-19(27)17-15(21)8-5-9-22-17)11-23-18(16)20(25-26)28-12-13-6-3-2-4-7-13;1-24-14-8-12(22-17(25)15-16(19)21-6-5-20-15)2-3-13(14)18(23-24)27-10-11-4-7-26-9-11/h5,8-12,15H,2-4,6-7,13-14H2,1H3,(H,24,25);7-12,15H,3-6,13H2,1-2H3,(H,23,26);6-11,13H,2-5,12H2,1H3,(H,23,26);5,8-11,13H,2-4,6-7,12,21H2,1H3,(H,24,27);2-3,5-6,8,11H,4,7,9-10H2,1H3,(H2,19,21)(H,22,25). The van der Waals surface area contributed by atoms with Crippen molar-refractivity contribution in [2.24, 2.45) is 69.8 Å². The van der Waals surface area contributed by atoms with Crippen molar-refractivity contribution in [2.75, 3.05) is 84.3 Å². The lowest BCUT2D eigenvalue weighted by Gasteiger charge is -2.20. The maximum atomic E-state index is 12.9. The highest BCUT2D eigenvalue weighted by Crippen LogP contribution is 2.37. The third kappa shape index (κ3) is 23.5. The number of anilines is 7. The summed E-state index contributed by atoms with van der Waals surface area (Å²) >= 11 is 0. The number of nitrogens with zero attached hydrogens (tertiary/aromatic N) is 18. The molecule has 4 aromatic carbocycles. The SMILES string of the molecule is Cc1ccc(C(=O)Nc2ccc3c(OCC4CCCC4)nn(C)c3c2)nc1.Cn1nc(OCC2CCCC2)c2ccc(NC(=O)c3ccc(F)cn3)cc21.Cn1nc(OCC2CCCCC2)c2ccc(NC3=NCc4cccnc43)cc21.Cn1nc(OCC2CCCCC2)c2ncc(NC(=O)c3ncccc3N)cc21.Cn1nc(OCC2CCOC2)c2ccc(NC(=O)c3nccnc3N)cc21. The number of benzene rings is 4. The zero-order valence-corrected chi connectivity index (χ0v) is 77.8. The van der Waals surface area contributed by atoms with Crippen LogP contribution in [0.3, 0.4) is 0 Å². The molecule has 13 heterocycles. The molecule has 0 spiro atoms. The number of hydrogen-bond donors (Lipinski definition) is 7. The van der Waals surface area contributed by atoms with E-state index in [1.165, 1.54) is 146 Å². The first-order valence-corrected chi connectivity index (χ1v) is 46.9. The Morgan fingerprint density at radius 3 is 1.30 bits per heavy atom. The number of aromatic nitrogens is 17. The van der Waals surface area contributed by atoms with Crippen LogP contribution in [0.25, 0.3) is 54.6 Å². The topological polar surface area (TPSA) is 428 Å². The Labute approximate surface area is 790 Å². The molecule has 36 heteroatoms. The summed E-state index contributed by atoms with van der Waals surface area (Å²) in [4.78, 5) is 82.8. The molecule has 1 atom stereocenters. The van der Waals surface area contributed by atoms with Gasteiger partial charge in [-0.1, -0.05) is 76.3 Å². The van der Waals surface area contributed by atoms with E-state index in [-0.39, 0.29) is 34.7 Å². The summed E-state index contributed by atoms with van der Waals surface area (Å²) in [5, 5.41) is 40.9. The number of carbonyl (C=O) groups excluding carboxylic acids is 4. The summed E-state index contributed by atoms with van der Waals surface area (Å²) in [6.45, 7) is 7.58. The van der Waals surface area contributed by atoms with Gasteiger partial charge in [0.15, 0.2) is 28.6 Å². The van der Waals surface area contributed by atoms with E-state index < -0.39 is 17.6 Å². The van der Waals surface area contributed by atoms with E-state index in [2.05, 4.69) is 116 Å². The third-order valence-electron chi connectivity index (χ3n) is 25.5. The van der Waals surface area contributed by atoms with Crippen molar-refractivity contribution >= 4 is 124 Å². The highest BCUT2D eigenvalue weighted by molar-refractivity contribution is 6.11. The summed E-state index contributed by atoms with van der Waals surface area (Å²) in [5.41, 5.74) is 24.4. The molecule has 21 rings (SSSR count). The monoisotopic (exact) mass is 1860 g/mol. The van der Waals surface area contributed by atoms with Crippen molar-refractivity contribution in [3.05, 3.63) is 216 Å². The Bertz CT molecular complexity index is 6640. The van der Waals surface area contributed by atoms with E-state index in [0.29, 0.717) is 119 Å². The van der Waals surface area contributed by atoms with Crippen LogP contribution >= 0.6 is 0 Å². The molecule has 137 heavy (non-hydrogen) atoms. The van der Waals surface area contributed by atoms with Gasteiger partial charge < -0.3 is 66.5 Å². The lowest BCUT2D eigenvalue weighted by atomic mass is 9.90. The maximum Gasteiger partial charge on any atom is 0.278 e. The fourth-order valence-corrected chi connectivity index (χ4v) is 17.9. The molecule has 1 saturated heterocycles. The number of nitrogens with one attached hydrogen (secondary N) is 5.